The van der Waals surface area contributed by atoms with Gasteiger partial charge in [-0.05, 0) is 55.8 Å². The molecular formula is C11H17O. The van der Waals surface area contributed by atoms with Gasteiger partial charge in [0.2, 0.25) is 0 Å². The molecule has 2 unspecified atom stereocenters. The molecule has 0 aromatic rings. The Kier molecular flexibility index (Phi) is 1.52. The third-order valence-corrected chi connectivity index (χ3v) is 4.15. The molecule has 0 N–H and O–H groups in total. The molecule has 2 atom stereocenters. The van der Waals surface area contributed by atoms with Gasteiger partial charge in [-0.15, -0.1) is 0 Å². The second-order valence-electron chi connectivity index (χ2n) is 4.92. The Morgan fingerprint density at radius 3 is 2.25 bits per heavy atom. The molecule has 1 heteroatoms. The van der Waals surface area contributed by atoms with Gasteiger partial charge in [-0.3, -0.25) is 0 Å². The number of hydrogen-bond donors (Lipinski definition) is 0. The maximum atomic E-state index is 5.61. The number of ether oxygens (including phenoxy) is 1. The van der Waals surface area contributed by atoms with Crippen molar-refractivity contribution in [2.24, 2.45) is 17.8 Å². The molecule has 4 fully saturated rings. The first-order chi connectivity index (χ1) is 5.86. The summed E-state index contributed by atoms with van der Waals surface area (Å²) in [4.78, 5) is 0. The second-order valence-corrected chi connectivity index (χ2v) is 4.92. The second kappa shape index (κ2) is 2.47. The average Bonchev–Trinajstić information content (AvgIpc) is 2.02. The smallest absolute Gasteiger partial charge is 0.0628 e. The fraction of sp³-hybridized carbons (Fsp3) is 0.909. The monoisotopic (exact) mass is 165 g/mol. The highest BCUT2D eigenvalue weighted by atomic mass is 16.5. The topological polar surface area (TPSA) is 9.23 Å². The summed E-state index contributed by atoms with van der Waals surface area (Å²) >= 11 is 0. The van der Waals surface area contributed by atoms with Gasteiger partial charge >= 0.3 is 0 Å². The van der Waals surface area contributed by atoms with Crippen LogP contribution in [0.1, 0.15) is 32.1 Å². The molecule has 4 rings (SSSR count). The summed E-state index contributed by atoms with van der Waals surface area (Å²) in [6, 6.07) is 0. The van der Waals surface area contributed by atoms with E-state index in [0.29, 0.717) is 6.10 Å². The zero-order chi connectivity index (χ0) is 8.13. The molecule has 0 amide bonds. The predicted molar refractivity (Wildman–Crippen MR) is 47.6 cm³/mol. The summed E-state index contributed by atoms with van der Waals surface area (Å²) in [5.74, 6) is 4.71. The van der Waals surface area contributed by atoms with Crippen LogP contribution >= 0.6 is 0 Å². The first-order valence-electron chi connectivity index (χ1n) is 5.23. The van der Waals surface area contributed by atoms with Crippen molar-refractivity contribution >= 4 is 0 Å². The third kappa shape index (κ3) is 0.891. The maximum absolute atomic E-state index is 5.61. The molecule has 4 aliphatic rings. The van der Waals surface area contributed by atoms with E-state index in [1.54, 1.807) is 0 Å². The van der Waals surface area contributed by atoms with Crippen LogP contribution in [0.15, 0.2) is 0 Å². The molecule has 0 heterocycles. The van der Waals surface area contributed by atoms with Crippen LogP contribution in [0.5, 0.6) is 0 Å². The normalized spacial score (nSPS) is 51.8. The average molecular weight is 165 g/mol. The van der Waals surface area contributed by atoms with E-state index in [9.17, 15) is 0 Å². The molecule has 0 aliphatic heterocycles. The molecule has 0 spiro atoms. The van der Waals surface area contributed by atoms with Gasteiger partial charge in [0.15, 0.2) is 0 Å². The highest BCUT2D eigenvalue weighted by molar-refractivity contribution is 5.11. The summed E-state index contributed by atoms with van der Waals surface area (Å²) in [6.45, 7) is 0. The highest BCUT2D eigenvalue weighted by Gasteiger charge is 2.48. The first kappa shape index (κ1) is 7.37. The van der Waals surface area contributed by atoms with E-state index in [1.165, 1.54) is 32.1 Å². The molecular weight excluding hydrogens is 148 g/mol. The van der Waals surface area contributed by atoms with E-state index in [0.717, 1.165) is 17.8 Å². The molecule has 1 radical (unpaired) electrons. The van der Waals surface area contributed by atoms with Crippen molar-refractivity contribution in [2.75, 3.05) is 7.11 Å². The Labute approximate surface area is 74.5 Å². The van der Waals surface area contributed by atoms with Gasteiger partial charge in [0.05, 0.1) is 6.10 Å². The molecule has 4 aliphatic carbocycles. The Morgan fingerprint density at radius 2 is 1.75 bits per heavy atom. The van der Waals surface area contributed by atoms with E-state index >= 15 is 0 Å². The Morgan fingerprint density at radius 1 is 1.08 bits per heavy atom. The van der Waals surface area contributed by atoms with Gasteiger partial charge in [0, 0.05) is 7.11 Å². The minimum Gasteiger partial charge on any atom is -0.381 e. The Hall–Kier alpha value is -0.0400. The SMILES string of the molecule is COC1C2C[C]3CC(C2)CC1C3. The lowest BCUT2D eigenvalue weighted by atomic mass is 9.55. The van der Waals surface area contributed by atoms with Crippen LogP contribution < -0.4 is 0 Å². The molecule has 67 valence electrons. The summed E-state index contributed by atoms with van der Waals surface area (Å²) in [5.41, 5.74) is 0. The number of methoxy groups -OCH3 is 1. The Balaban J connectivity index is 1.86. The first-order valence-corrected chi connectivity index (χ1v) is 5.23. The van der Waals surface area contributed by atoms with Gasteiger partial charge in [-0.1, -0.05) is 0 Å². The summed E-state index contributed by atoms with van der Waals surface area (Å²) in [7, 11) is 1.90. The van der Waals surface area contributed by atoms with E-state index in [-0.39, 0.29) is 0 Å². The van der Waals surface area contributed by atoms with E-state index < -0.39 is 0 Å². The lowest BCUT2D eigenvalue weighted by molar-refractivity contribution is -0.0768. The molecule has 0 aromatic heterocycles. The van der Waals surface area contributed by atoms with Crippen LogP contribution in [-0.2, 0) is 4.74 Å². The van der Waals surface area contributed by atoms with Crippen LogP contribution in [0.25, 0.3) is 0 Å². The van der Waals surface area contributed by atoms with E-state index in [1.807, 2.05) is 13.0 Å². The zero-order valence-corrected chi connectivity index (χ0v) is 7.75. The molecule has 1 nitrogen and oxygen atoms in total. The zero-order valence-electron chi connectivity index (χ0n) is 7.75. The quantitative estimate of drug-likeness (QED) is 0.580. The molecule has 0 saturated heterocycles. The van der Waals surface area contributed by atoms with Crippen molar-refractivity contribution in [3.05, 3.63) is 5.92 Å². The minimum atomic E-state index is 0.616. The standard InChI is InChI=1S/C11H17O/c1-12-11-9-3-7-2-8(5-9)6-10(11)4-7/h7,9-11H,2-6H2,1H3. The van der Waals surface area contributed by atoms with Crippen molar-refractivity contribution in [3.63, 3.8) is 0 Å². The van der Waals surface area contributed by atoms with Crippen LogP contribution in [0.2, 0.25) is 0 Å². The van der Waals surface area contributed by atoms with Gasteiger partial charge in [0.25, 0.3) is 0 Å². The Bertz CT molecular complexity index is 159. The molecule has 0 aromatic carbocycles. The molecule has 4 saturated carbocycles. The highest BCUT2D eigenvalue weighted by Crippen LogP contribution is 2.55. The lowest BCUT2D eigenvalue weighted by Crippen LogP contribution is -2.48. The van der Waals surface area contributed by atoms with Gasteiger partial charge in [-0.2, -0.15) is 0 Å². The minimum absolute atomic E-state index is 0.616. The molecule has 4 bridgehead atoms. The summed E-state index contributed by atoms with van der Waals surface area (Å²) in [6.07, 6.45) is 7.78. The van der Waals surface area contributed by atoms with Crippen molar-refractivity contribution in [1.29, 1.82) is 0 Å². The van der Waals surface area contributed by atoms with Crippen molar-refractivity contribution in [3.8, 4) is 0 Å². The summed E-state index contributed by atoms with van der Waals surface area (Å²) in [5, 5.41) is 0. The lowest BCUT2D eigenvalue weighted by Gasteiger charge is -2.53. The largest absolute Gasteiger partial charge is 0.381 e. The van der Waals surface area contributed by atoms with Crippen molar-refractivity contribution < 1.29 is 4.74 Å². The van der Waals surface area contributed by atoms with Gasteiger partial charge in [0.1, 0.15) is 0 Å². The molecule has 12 heavy (non-hydrogen) atoms. The predicted octanol–water partition coefficient (Wildman–Crippen LogP) is 2.42. The number of rotatable bonds is 1. The van der Waals surface area contributed by atoms with E-state index in [4.69, 9.17) is 4.74 Å². The van der Waals surface area contributed by atoms with Crippen molar-refractivity contribution in [1.82, 2.24) is 0 Å². The van der Waals surface area contributed by atoms with Gasteiger partial charge in [-0.25, -0.2) is 0 Å². The fourth-order valence-electron chi connectivity index (χ4n) is 3.96. The fourth-order valence-corrected chi connectivity index (χ4v) is 3.96. The van der Waals surface area contributed by atoms with Crippen LogP contribution in [0.4, 0.5) is 0 Å². The number of hydrogen-bond acceptors (Lipinski definition) is 1. The summed E-state index contributed by atoms with van der Waals surface area (Å²) < 4.78 is 5.61. The maximum Gasteiger partial charge on any atom is 0.0628 e. The third-order valence-electron chi connectivity index (χ3n) is 4.15. The van der Waals surface area contributed by atoms with Crippen LogP contribution in [0.3, 0.4) is 0 Å². The van der Waals surface area contributed by atoms with Crippen molar-refractivity contribution in [2.45, 2.75) is 38.2 Å². The van der Waals surface area contributed by atoms with E-state index in [2.05, 4.69) is 0 Å². The van der Waals surface area contributed by atoms with Gasteiger partial charge < -0.3 is 4.74 Å². The van der Waals surface area contributed by atoms with Crippen LogP contribution in [-0.4, -0.2) is 13.2 Å². The van der Waals surface area contributed by atoms with Crippen LogP contribution in [0, 0.1) is 23.7 Å².